The Hall–Kier alpha value is -4.09. The lowest BCUT2D eigenvalue weighted by Crippen LogP contribution is -2.58. The van der Waals surface area contributed by atoms with Crippen molar-refractivity contribution in [2.45, 2.75) is 192 Å². The Labute approximate surface area is 527 Å². The highest BCUT2D eigenvalue weighted by Crippen LogP contribution is 2.35. The molecule has 0 spiro atoms. The number of piperidine rings is 1. The molecule has 2 saturated heterocycles. The van der Waals surface area contributed by atoms with Crippen LogP contribution in [0.3, 0.4) is 0 Å². The molecule has 0 radical (unpaired) electrons. The van der Waals surface area contributed by atoms with Crippen molar-refractivity contribution >= 4 is 29.5 Å². The zero-order valence-corrected chi connectivity index (χ0v) is 54.3. The molecule has 2 bridgehead atoms. The summed E-state index contributed by atoms with van der Waals surface area (Å²) in [6.45, 7) is 17.2. The van der Waals surface area contributed by atoms with Crippen molar-refractivity contribution in [2.75, 3.05) is 120 Å². The van der Waals surface area contributed by atoms with Crippen LogP contribution in [0.15, 0.2) is 47.6 Å². The van der Waals surface area contributed by atoms with Crippen LogP contribution >= 0.6 is 0 Å². The summed E-state index contributed by atoms with van der Waals surface area (Å²) in [6, 6.07) is -2.11. The summed E-state index contributed by atoms with van der Waals surface area (Å²) in [5, 5.41) is 48.8. The molecule has 0 aromatic heterocycles. The fourth-order valence-electron chi connectivity index (χ4n) is 11.6. The fourth-order valence-corrected chi connectivity index (χ4v) is 11.6. The molecule has 4 rings (SSSR count). The van der Waals surface area contributed by atoms with E-state index in [1.807, 2.05) is 51.2 Å². The SMILES string of the molecule is CCOCCOCCOCCOCCOCCOCCOCCNC(=O)O[C@@H]1CCC(C[C@@H](N)[C@@H]2C[C@@H](O)C(C)/C=C(\C)[C@@H](O)[C@@H](O)C(=O)C(C)C[C@H](C)/C=C/C=C/C=C(\C)[C@@H](OC)C[C@@H]3CCC[C@@](O)(O3)C(=O)C(=O)N3CCCC[C@H]3C(=O)O2)C[C@H]1OC. The van der Waals surface area contributed by atoms with Gasteiger partial charge in [-0.1, -0.05) is 57.2 Å². The number of allylic oxidation sites excluding steroid dienone is 5. The van der Waals surface area contributed by atoms with Crippen LogP contribution in [0.1, 0.15) is 125 Å². The fraction of sp³-hybridized carbons (Fsp3) is 0.800. The molecule has 4 aliphatic rings. The number of methoxy groups -OCH3 is 2. The van der Waals surface area contributed by atoms with Crippen LogP contribution in [-0.4, -0.2) is 241 Å². The van der Waals surface area contributed by atoms with Crippen LogP contribution in [0.4, 0.5) is 4.79 Å². The number of ether oxygens (including phenoxy) is 12. The third-order valence-corrected chi connectivity index (χ3v) is 16.9. The predicted octanol–water partition coefficient (Wildman–Crippen LogP) is 4.63. The number of aliphatic hydroxyl groups excluding tert-OH is 3. The number of fused-ring (bicyclic) bond motifs is 3. The van der Waals surface area contributed by atoms with Gasteiger partial charge in [0, 0.05) is 71.1 Å². The molecule has 3 aliphatic heterocycles. The van der Waals surface area contributed by atoms with E-state index in [0.717, 1.165) is 10.5 Å². The lowest BCUT2D eigenvalue weighted by atomic mass is 9.80. The second-order valence-electron chi connectivity index (χ2n) is 23.9. The topological polar surface area (TPSA) is 318 Å². The van der Waals surface area contributed by atoms with Gasteiger partial charge < -0.3 is 93.2 Å². The number of hydrogen-bond acceptors (Lipinski definition) is 22. The molecule has 0 aromatic carbocycles. The zero-order chi connectivity index (χ0) is 65.1. The van der Waals surface area contributed by atoms with Crippen molar-refractivity contribution < 1.29 is 101 Å². The molecule has 89 heavy (non-hydrogen) atoms. The molecule has 24 nitrogen and oxygen atoms in total. The minimum Gasteiger partial charge on any atom is -0.459 e. The van der Waals surface area contributed by atoms with E-state index in [9.17, 15) is 44.4 Å². The molecule has 24 heteroatoms. The number of carbonyl (C=O) groups is 5. The second-order valence-corrected chi connectivity index (χ2v) is 23.9. The maximum atomic E-state index is 14.5. The Morgan fingerprint density at radius 3 is 1.94 bits per heavy atom. The average molecular weight is 1270 g/mol. The number of esters is 1. The molecule has 3 heterocycles. The molecule has 7 N–H and O–H groups in total. The van der Waals surface area contributed by atoms with Crippen LogP contribution < -0.4 is 11.1 Å². The number of nitrogens with zero attached hydrogens (tertiary/aromatic N) is 1. The van der Waals surface area contributed by atoms with E-state index in [0.29, 0.717) is 137 Å². The standard InChI is InChI=1S/C65H109N3O21/c1-9-80-26-27-82-30-31-84-34-35-86-37-36-85-33-32-83-29-28-81-25-23-67-64(76)88-54-21-20-49(41-57(54)79-8)40-51(66)56-43-53(69)46(4)39-48(6)59(71)60(72)58(70)47(5)38-44(2)16-11-10-12-17-45(3)55(78-7)42-50-18-15-22-65(77,89-50)61(73)62(74)68-24-14-13-19-52(68)63(75)87-56/h10-12,16-17,39,44,46-47,49-57,59-60,69,71-72,77H,9,13-15,18-38,40-43,66H2,1-8H3,(H,67,76)/b12-10+,16-11+,45-17+,48-39+/t44-,46?,47?,49?,50+,51-,52+,53-,54-,55+,56+,57-,59-,60+,65-/m1/s1. The number of aliphatic hydroxyl groups is 4. The molecule has 2 amide bonds. The minimum atomic E-state index is -2.44. The Balaban J connectivity index is 1.35. The number of nitrogens with two attached hydrogens (primary N) is 1. The lowest BCUT2D eigenvalue weighted by molar-refractivity contribution is -0.245. The molecular weight excluding hydrogens is 1160 g/mol. The molecule has 15 atom stereocenters. The van der Waals surface area contributed by atoms with Gasteiger partial charge in [0.2, 0.25) is 5.79 Å². The van der Waals surface area contributed by atoms with Gasteiger partial charge in [-0.15, -0.1) is 0 Å². The van der Waals surface area contributed by atoms with Crippen molar-refractivity contribution in [1.29, 1.82) is 0 Å². The van der Waals surface area contributed by atoms with Gasteiger partial charge in [-0.2, -0.15) is 0 Å². The quantitative estimate of drug-likeness (QED) is 0.0269. The Morgan fingerprint density at radius 2 is 1.34 bits per heavy atom. The monoisotopic (exact) mass is 1270 g/mol. The van der Waals surface area contributed by atoms with Crippen LogP contribution in [0, 0.1) is 23.7 Å². The number of Topliss-reactive ketones (excluding diaryl/α,β-unsaturated/α-hetero) is 2. The number of amides is 2. The normalized spacial score (nSPS) is 32.6. The highest BCUT2D eigenvalue weighted by atomic mass is 16.6. The summed E-state index contributed by atoms with van der Waals surface area (Å²) in [7, 11) is 3.08. The predicted molar refractivity (Wildman–Crippen MR) is 329 cm³/mol. The van der Waals surface area contributed by atoms with Crippen LogP contribution in [-0.2, 0) is 76.0 Å². The number of rotatable bonds is 28. The van der Waals surface area contributed by atoms with Crippen LogP contribution in [0.2, 0.25) is 0 Å². The highest BCUT2D eigenvalue weighted by Gasteiger charge is 2.50. The first-order valence-corrected chi connectivity index (χ1v) is 32.3. The number of alkyl carbamates (subject to hydrolysis) is 1. The van der Waals surface area contributed by atoms with Gasteiger partial charge in [0.1, 0.15) is 30.5 Å². The molecular formula is C65H109N3O21. The van der Waals surface area contributed by atoms with E-state index in [-0.39, 0.29) is 69.2 Å². The van der Waals surface area contributed by atoms with E-state index in [1.165, 1.54) is 7.11 Å². The summed E-state index contributed by atoms with van der Waals surface area (Å²) in [5.74, 6) is -7.56. The van der Waals surface area contributed by atoms with Gasteiger partial charge in [-0.05, 0) is 108 Å². The number of cyclic esters (lactones) is 1. The van der Waals surface area contributed by atoms with Gasteiger partial charge in [-0.25, -0.2) is 9.59 Å². The summed E-state index contributed by atoms with van der Waals surface area (Å²) < 4.78 is 68.0. The van der Waals surface area contributed by atoms with Gasteiger partial charge >= 0.3 is 12.1 Å². The minimum absolute atomic E-state index is 0.0315. The molecule has 0 aromatic rings. The average Bonchev–Trinajstić information content (AvgIpc) is 1.97. The molecule has 3 fully saturated rings. The third kappa shape index (κ3) is 28.0. The van der Waals surface area contributed by atoms with Crippen molar-refractivity contribution in [3.8, 4) is 0 Å². The van der Waals surface area contributed by atoms with Gasteiger partial charge in [0.15, 0.2) is 5.78 Å². The number of nitrogens with one attached hydrogen (secondary N) is 1. The Morgan fingerprint density at radius 1 is 0.719 bits per heavy atom. The molecule has 1 aliphatic carbocycles. The van der Waals surface area contributed by atoms with Crippen molar-refractivity contribution in [1.82, 2.24) is 10.2 Å². The van der Waals surface area contributed by atoms with Gasteiger partial charge in [-0.3, -0.25) is 14.4 Å². The zero-order valence-electron chi connectivity index (χ0n) is 54.3. The van der Waals surface area contributed by atoms with E-state index in [1.54, 1.807) is 34.0 Å². The first-order chi connectivity index (χ1) is 42.7. The highest BCUT2D eigenvalue weighted by molar-refractivity contribution is 6.39. The number of hydrogen-bond donors (Lipinski definition) is 6. The molecule has 3 unspecified atom stereocenters. The van der Waals surface area contributed by atoms with Crippen molar-refractivity contribution in [3.63, 3.8) is 0 Å². The van der Waals surface area contributed by atoms with Crippen molar-refractivity contribution in [3.05, 3.63) is 47.6 Å². The van der Waals surface area contributed by atoms with E-state index < -0.39 is 108 Å². The summed E-state index contributed by atoms with van der Waals surface area (Å²) in [6.07, 6.45) is 6.53. The van der Waals surface area contributed by atoms with Gasteiger partial charge in [0.25, 0.3) is 11.7 Å². The summed E-state index contributed by atoms with van der Waals surface area (Å²) >= 11 is 0. The van der Waals surface area contributed by atoms with Crippen LogP contribution in [0.5, 0.6) is 0 Å². The smallest absolute Gasteiger partial charge is 0.407 e. The van der Waals surface area contributed by atoms with Crippen LogP contribution in [0.25, 0.3) is 0 Å². The third-order valence-electron chi connectivity index (χ3n) is 16.9. The number of carbonyl (C=O) groups excluding carboxylic acids is 5. The molecule has 510 valence electrons. The first-order valence-electron chi connectivity index (χ1n) is 32.3. The maximum absolute atomic E-state index is 14.5. The first kappa shape index (κ1) is 77.4. The van der Waals surface area contributed by atoms with E-state index in [2.05, 4.69) is 5.32 Å². The second kappa shape index (κ2) is 42.9. The Bertz CT molecular complexity index is 2200. The van der Waals surface area contributed by atoms with E-state index in [4.69, 9.17) is 62.6 Å². The maximum Gasteiger partial charge on any atom is 0.407 e. The largest absolute Gasteiger partial charge is 0.459 e. The van der Waals surface area contributed by atoms with Crippen molar-refractivity contribution in [2.24, 2.45) is 29.4 Å². The lowest BCUT2D eigenvalue weighted by Gasteiger charge is -2.40. The van der Waals surface area contributed by atoms with E-state index >= 15 is 0 Å². The molecule has 1 saturated carbocycles. The Kier molecular flexibility index (Phi) is 37.3. The number of ketones is 2. The summed E-state index contributed by atoms with van der Waals surface area (Å²) in [5.41, 5.74) is 8.09. The summed E-state index contributed by atoms with van der Waals surface area (Å²) in [4.78, 5) is 70.5. The van der Waals surface area contributed by atoms with Gasteiger partial charge in [0.05, 0.1) is 110 Å².